The van der Waals surface area contributed by atoms with Gasteiger partial charge in [-0.15, -0.1) is 0 Å². The predicted octanol–water partition coefficient (Wildman–Crippen LogP) is 4.34. The lowest BCUT2D eigenvalue weighted by Crippen LogP contribution is -2.46. The van der Waals surface area contributed by atoms with E-state index in [9.17, 15) is 5.11 Å². The molecule has 3 aromatic rings. The maximum atomic E-state index is 10.8. The number of ether oxygens (including phenoxy) is 2. The topological polar surface area (TPSA) is 50.7 Å². The van der Waals surface area contributed by atoms with Crippen LogP contribution in [0.25, 0.3) is 0 Å². The second kappa shape index (κ2) is 9.99. The summed E-state index contributed by atoms with van der Waals surface area (Å²) in [7, 11) is 3.30. The first-order valence-electron chi connectivity index (χ1n) is 10.9. The largest absolute Gasteiger partial charge is 0.493 e. The average Bonchev–Trinajstić information content (AvgIpc) is 2.82. The van der Waals surface area contributed by atoms with E-state index in [-0.39, 0.29) is 6.04 Å². The lowest BCUT2D eigenvalue weighted by Gasteiger charge is -2.31. The van der Waals surface area contributed by atoms with Gasteiger partial charge in [0.2, 0.25) is 0 Å². The fourth-order valence-electron chi connectivity index (χ4n) is 4.60. The predicted molar refractivity (Wildman–Crippen MR) is 124 cm³/mol. The summed E-state index contributed by atoms with van der Waals surface area (Å²) in [6, 6.07) is 25.4. The molecule has 0 aromatic heterocycles. The van der Waals surface area contributed by atoms with Crippen molar-refractivity contribution in [3.8, 4) is 11.5 Å². The summed E-state index contributed by atoms with van der Waals surface area (Å²) in [5, 5.41) is 14.4. The summed E-state index contributed by atoms with van der Waals surface area (Å²) in [5.74, 6) is 1.78. The van der Waals surface area contributed by atoms with Crippen LogP contribution in [-0.4, -0.2) is 38.0 Å². The zero-order valence-electron chi connectivity index (χ0n) is 18.3. The summed E-state index contributed by atoms with van der Waals surface area (Å²) < 4.78 is 10.9. The van der Waals surface area contributed by atoms with Gasteiger partial charge in [0.15, 0.2) is 11.5 Å². The zero-order chi connectivity index (χ0) is 21.6. The van der Waals surface area contributed by atoms with Gasteiger partial charge in [0.25, 0.3) is 0 Å². The molecule has 0 amide bonds. The maximum absolute atomic E-state index is 10.8. The van der Waals surface area contributed by atoms with Gasteiger partial charge in [0, 0.05) is 18.4 Å². The van der Waals surface area contributed by atoms with Gasteiger partial charge in [-0.2, -0.15) is 0 Å². The molecule has 1 aliphatic carbocycles. The molecule has 4 heteroatoms. The fourth-order valence-corrected chi connectivity index (χ4v) is 4.60. The number of fused-ring (bicyclic) bond motifs is 1. The first-order valence-corrected chi connectivity index (χ1v) is 10.9. The van der Waals surface area contributed by atoms with Gasteiger partial charge >= 0.3 is 0 Å². The third-order valence-electron chi connectivity index (χ3n) is 6.28. The summed E-state index contributed by atoms with van der Waals surface area (Å²) in [6.45, 7) is 0.832. The summed E-state index contributed by atoms with van der Waals surface area (Å²) >= 11 is 0. The molecule has 0 heterocycles. The highest BCUT2D eigenvalue weighted by molar-refractivity contribution is 5.49. The standard InChI is InChI=1S/C27H31NO3/c1-30-26-17-21-15-24(25(29)16-22(21)18-27(26)31-2)28-14-13-23(19-9-5-3-6-10-19)20-11-7-4-8-12-20/h3-12,17-18,23-25,28-29H,13-16H2,1-2H3/t24-,25-/m1/s1. The Bertz CT molecular complexity index is 935. The Morgan fingerprint density at radius 2 is 1.35 bits per heavy atom. The van der Waals surface area contributed by atoms with Crippen molar-refractivity contribution in [2.75, 3.05) is 20.8 Å². The molecular weight excluding hydrogens is 386 g/mol. The number of hydrogen-bond donors (Lipinski definition) is 2. The average molecular weight is 418 g/mol. The Balaban J connectivity index is 1.45. The molecule has 0 fully saturated rings. The van der Waals surface area contributed by atoms with E-state index in [1.165, 1.54) is 16.7 Å². The lowest BCUT2D eigenvalue weighted by atomic mass is 9.85. The zero-order valence-corrected chi connectivity index (χ0v) is 18.3. The van der Waals surface area contributed by atoms with Gasteiger partial charge in [0.1, 0.15) is 0 Å². The molecule has 0 radical (unpaired) electrons. The number of hydrogen-bond acceptors (Lipinski definition) is 4. The third kappa shape index (κ3) is 4.92. The molecule has 0 spiro atoms. The number of nitrogens with one attached hydrogen (secondary N) is 1. The van der Waals surface area contributed by atoms with E-state index in [4.69, 9.17) is 9.47 Å². The van der Waals surface area contributed by atoms with E-state index in [1.807, 2.05) is 12.1 Å². The highest BCUT2D eigenvalue weighted by atomic mass is 16.5. The van der Waals surface area contributed by atoms with Gasteiger partial charge in [-0.05, 0) is 53.8 Å². The molecule has 2 N–H and O–H groups in total. The van der Waals surface area contributed by atoms with Crippen LogP contribution < -0.4 is 14.8 Å². The van der Waals surface area contributed by atoms with Crippen LogP contribution in [0.2, 0.25) is 0 Å². The van der Waals surface area contributed by atoms with Crippen molar-refractivity contribution in [3.63, 3.8) is 0 Å². The van der Waals surface area contributed by atoms with Gasteiger partial charge in [0.05, 0.1) is 20.3 Å². The first kappa shape index (κ1) is 21.4. The molecule has 0 unspecified atom stereocenters. The van der Waals surface area contributed by atoms with Crippen LogP contribution in [0.1, 0.15) is 34.6 Å². The van der Waals surface area contributed by atoms with E-state index in [0.29, 0.717) is 18.1 Å². The Hall–Kier alpha value is -2.82. The van der Waals surface area contributed by atoms with Gasteiger partial charge in [-0.3, -0.25) is 0 Å². The van der Waals surface area contributed by atoms with Crippen molar-refractivity contribution in [1.82, 2.24) is 5.32 Å². The molecule has 4 nitrogen and oxygen atoms in total. The molecule has 3 aromatic carbocycles. The van der Waals surface area contributed by atoms with Crippen LogP contribution >= 0.6 is 0 Å². The van der Waals surface area contributed by atoms with Gasteiger partial charge in [-0.1, -0.05) is 60.7 Å². The summed E-state index contributed by atoms with van der Waals surface area (Å²) in [4.78, 5) is 0. The molecule has 4 rings (SSSR count). The number of methoxy groups -OCH3 is 2. The number of aliphatic hydroxyl groups is 1. The van der Waals surface area contributed by atoms with E-state index in [1.54, 1.807) is 14.2 Å². The Morgan fingerprint density at radius 1 is 0.839 bits per heavy atom. The smallest absolute Gasteiger partial charge is 0.161 e. The quantitative estimate of drug-likeness (QED) is 0.572. The second-order valence-corrected chi connectivity index (χ2v) is 8.17. The van der Waals surface area contributed by atoms with Gasteiger partial charge in [-0.25, -0.2) is 0 Å². The molecular formula is C27H31NO3. The van der Waals surface area contributed by atoms with Crippen LogP contribution in [0.5, 0.6) is 11.5 Å². The normalized spacial score (nSPS) is 17.9. The molecule has 31 heavy (non-hydrogen) atoms. The minimum Gasteiger partial charge on any atom is -0.493 e. The van der Waals surface area contributed by atoms with Gasteiger partial charge < -0.3 is 19.9 Å². The molecule has 2 atom stereocenters. The van der Waals surface area contributed by atoms with Crippen molar-refractivity contribution in [2.45, 2.75) is 37.3 Å². The monoisotopic (exact) mass is 417 g/mol. The van der Waals surface area contributed by atoms with Crippen LogP contribution in [0.4, 0.5) is 0 Å². The third-order valence-corrected chi connectivity index (χ3v) is 6.28. The van der Waals surface area contributed by atoms with E-state index in [0.717, 1.165) is 30.7 Å². The SMILES string of the molecule is COc1cc2c(cc1OC)C[C@@H](NCCC(c1ccccc1)c1ccccc1)[C@H](O)C2. The first-order chi connectivity index (χ1) is 15.2. The minimum atomic E-state index is -0.419. The highest BCUT2D eigenvalue weighted by Gasteiger charge is 2.28. The second-order valence-electron chi connectivity index (χ2n) is 8.17. The molecule has 0 saturated carbocycles. The van der Waals surface area contributed by atoms with Crippen molar-refractivity contribution in [3.05, 3.63) is 95.1 Å². The van der Waals surface area contributed by atoms with Crippen molar-refractivity contribution >= 4 is 0 Å². The number of aliphatic hydroxyl groups excluding tert-OH is 1. The molecule has 0 bridgehead atoms. The fraction of sp³-hybridized carbons (Fsp3) is 0.333. The Morgan fingerprint density at radius 3 is 1.87 bits per heavy atom. The van der Waals surface area contributed by atoms with Crippen molar-refractivity contribution in [1.29, 1.82) is 0 Å². The van der Waals surface area contributed by atoms with Crippen LogP contribution in [0.3, 0.4) is 0 Å². The molecule has 0 saturated heterocycles. The number of rotatable bonds is 8. The van der Waals surface area contributed by atoms with E-state index >= 15 is 0 Å². The van der Waals surface area contributed by atoms with Crippen molar-refractivity contribution in [2.24, 2.45) is 0 Å². The number of benzene rings is 3. The summed E-state index contributed by atoms with van der Waals surface area (Å²) in [6.07, 6.45) is 1.94. The molecule has 162 valence electrons. The van der Waals surface area contributed by atoms with Crippen molar-refractivity contribution < 1.29 is 14.6 Å². The molecule has 1 aliphatic rings. The van der Waals surface area contributed by atoms with Crippen LogP contribution in [0.15, 0.2) is 72.8 Å². The lowest BCUT2D eigenvalue weighted by molar-refractivity contribution is 0.119. The Labute approximate surface area is 184 Å². The van der Waals surface area contributed by atoms with E-state index < -0.39 is 6.10 Å². The van der Waals surface area contributed by atoms with Crippen LogP contribution in [-0.2, 0) is 12.8 Å². The summed E-state index contributed by atoms with van der Waals surface area (Å²) in [5.41, 5.74) is 4.99. The van der Waals surface area contributed by atoms with E-state index in [2.05, 4.69) is 66.0 Å². The maximum Gasteiger partial charge on any atom is 0.161 e. The minimum absolute atomic E-state index is 0.0257. The Kier molecular flexibility index (Phi) is 6.90. The molecule has 0 aliphatic heterocycles. The van der Waals surface area contributed by atoms with Crippen LogP contribution in [0, 0.1) is 0 Å². The highest BCUT2D eigenvalue weighted by Crippen LogP contribution is 2.34.